The molecule has 5 heteroatoms. The van der Waals surface area contributed by atoms with Crippen molar-refractivity contribution in [2.45, 2.75) is 37.6 Å². The Morgan fingerprint density at radius 3 is 3.08 bits per heavy atom. The Bertz CT molecular complexity index is 1030. The van der Waals surface area contributed by atoms with E-state index in [1.54, 1.807) is 17.4 Å². The number of carbonyl (C=O) groups excluding carboxylic acids is 1. The molecule has 1 N–H and O–H groups in total. The van der Waals surface area contributed by atoms with E-state index in [1.165, 1.54) is 11.1 Å². The van der Waals surface area contributed by atoms with Gasteiger partial charge in [-0.2, -0.15) is 0 Å². The van der Waals surface area contributed by atoms with E-state index in [2.05, 4.69) is 16.8 Å². The van der Waals surface area contributed by atoms with Crippen LogP contribution in [0.1, 0.15) is 41.3 Å². The summed E-state index contributed by atoms with van der Waals surface area (Å²) in [6.45, 7) is 3.03. The van der Waals surface area contributed by atoms with Crippen molar-refractivity contribution < 1.29 is 9.90 Å². The van der Waals surface area contributed by atoms with E-state index in [4.69, 9.17) is 0 Å². The number of rotatable bonds is 1. The fourth-order valence-electron chi connectivity index (χ4n) is 4.69. The average Bonchev–Trinajstić information content (AvgIpc) is 3.10. The van der Waals surface area contributed by atoms with Crippen LogP contribution in [0.5, 0.6) is 5.75 Å². The molecule has 2 bridgehead atoms. The largest absolute Gasteiger partial charge is 0.508 e. The molecule has 1 aliphatic carbocycles. The van der Waals surface area contributed by atoms with Gasteiger partial charge in [-0.3, -0.25) is 4.79 Å². The number of phenolic OH excluding ortho intramolecular Hbond substituents is 1. The molecule has 132 valence electrons. The van der Waals surface area contributed by atoms with Gasteiger partial charge in [0.25, 0.3) is 5.91 Å². The first-order chi connectivity index (χ1) is 12.5. The number of hydrogen-bond acceptors (Lipinski definition) is 4. The molecule has 4 nitrogen and oxygen atoms in total. The third kappa shape index (κ3) is 2.34. The fourth-order valence-corrected chi connectivity index (χ4v) is 5.40. The van der Waals surface area contributed by atoms with Gasteiger partial charge in [-0.25, -0.2) is 4.98 Å². The van der Waals surface area contributed by atoms with Gasteiger partial charge < -0.3 is 10.0 Å². The molecule has 1 saturated heterocycles. The first kappa shape index (κ1) is 15.8. The molecule has 2 aliphatic rings. The molecule has 26 heavy (non-hydrogen) atoms. The van der Waals surface area contributed by atoms with Crippen molar-refractivity contribution in [1.82, 2.24) is 9.88 Å². The van der Waals surface area contributed by atoms with E-state index < -0.39 is 0 Å². The molecule has 0 saturated carbocycles. The zero-order valence-corrected chi connectivity index (χ0v) is 15.4. The van der Waals surface area contributed by atoms with E-state index in [0.717, 1.165) is 41.6 Å². The van der Waals surface area contributed by atoms with Gasteiger partial charge in [0.05, 0.1) is 15.7 Å². The Morgan fingerprint density at radius 1 is 1.31 bits per heavy atom. The van der Waals surface area contributed by atoms with Crippen LogP contribution in [-0.4, -0.2) is 33.5 Å². The minimum absolute atomic E-state index is 0.0371. The summed E-state index contributed by atoms with van der Waals surface area (Å²) in [6.07, 6.45) is 2.74. The second-order valence-corrected chi connectivity index (χ2v) is 8.63. The Kier molecular flexibility index (Phi) is 3.38. The summed E-state index contributed by atoms with van der Waals surface area (Å²) in [5.74, 6) is 0.453. The lowest BCUT2D eigenvalue weighted by Gasteiger charge is -2.49. The van der Waals surface area contributed by atoms with Crippen LogP contribution in [0.3, 0.4) is 0 Å². The Labute approximate surface area is 156 Å². The van der Waals surface area contributed by atoms with Crippen LogP contribution in [0.2, 0.25) is 0 Å². The zero-order chi connectivity index (χ0) is 17.9. The predicted molar refractivity (Wildman–Crippen MR) is 103 cm³/mol. The van der Waals surface area contributed by atoms with Gasteiger partial charge in [0.2, 0.25) is 0 Å². The SMILES string of the molecule is CC12CCN(C(=O)c3ccc4ncsc4c3)C(Cc3ccc(O)cc31)C2. The molecule has 5 rings (SSSR count). The Hall–Kier alpha value is -2.40. The van der Waals surface area contributed by atoms with Crippen molar-refractivity contribution in [2.24, 2.45) is 0 Å². The van der Waals surface area contributed by atoms with Crippen LogP contribution in [-0.2, 0) is 11.8 Å². The molecule has 1 aromatic heterocycles. The van der Waals surface area contributed by atoms with E-state index in [9.17, 15) is 9.90 Å². The number of amides is 1. The van der Waals surface area contributed by atoms with E-state index >= 15 is 0 Å². The minimum atomic E-state index is 0.0371. The van der Waals surface area contributed by atoms with Gasteiger partial charge in [-0.1, -0.05) is 13.0 Å². The molecule has 0 spiro atoms. The number of nitrogens with zero attached hydrogens (tertiary/aromatic N) is 2. The highest BCUT2D eigenvalue weighted by Crippen LogP contribution is 2.46. The summed E-state index contributed by atoms with van der Waals surface area (Å²) in [6, 6.07) is 11.7. The number of benzene rings is 2. The topological polar surface area (TPSA) is 53.4 Å². The second-order valence-electron chi connectivity index (χ2n) is 7.75. The van der Waals surface area contributed by atoms with Gasteiger partial charge in [0, 0.05) is 18.2 Å². The molecule has 0 radical (unpaired) electrons. The van der Waals surface area contributed by atoms with Crippen molar-refractivity contribution in [2.75, 3.05) is 6.54 Å². The van der Waals surface area contributed by atoms with E-state index in [0.29, 0.717) is 5.75 Å². The van der Waals surface area contributed by atoms with Crippen molar-refractivity contribution >= 4 is 27.5 Å². The second kappa shape index (κ2) is 5.55. The third-order valence-corrected chi connectivity index (χ3v) is 6.86. The maximum atomic E-state index is 13.2. The molecule has 1 aliphatic heterocycles. The number of carbonyl (C=O) groups is 1. The molecule has 2 aromatic carbocycles. The number of thiazole rings is 1. The van der Waals surface area contributed by atoms with Crippen LogP contribution >= 0.6 is 11.3 Å². The standard InChI is InChI=1S/C21H20N2O2S/c1-21-6-7-23(15(11-21)8-13-2-4-16(24)10-17(13)21)20(25)14-3-5-18-19(9-14)26-12-22-18/h2-5,9-10,12,15,24H,6-8,11H2,1H3. The number of aromatic nitrogens is 1. The lowest BCUT2D eigenvalue weighted by atomic mass is 9.65. The van der Waals surface area contributed by atoms with E-state index in [-0.39, 0.29) is 17.4 Å². The molecule has 1 amide bonds. The zero-order valence-electron chi connectivity index (χ0n) is 14.6. The highest BCUT2D eigenvalue weighted by molar-refractivity contribution is 7.16. The number of piperidine rings is 1. The molecular formula is C21H20N2O2S. The fraction of sp³-hybridized carbons (Fsp3) is 0.333. The van der Waals surface area contributed by atoms with Crippen LogP contribution in [0.25, 0.3) is 10.2 Å². The lowest BCUT2D eigenvalue weighted by Crippen LogP contribution is -2.54. The van der Waals surface area contributed by atoms with Gasteiger partial charge in [0.15, 0.2) is 0 Å². The summed E-state index contributed by atoms with van der Waals surface area (Å²) in [5, 5.41) is 9.89. The third-order valence-electron chi connectivity index (χ3n) is 6.07. The monoisotopic (exact) mass is 364 g/mol. The number of aromatic hydroxyl groups is 1. The molecule has 3 aromatic rings. The molecule has 2 unspecified atom stereocenters. The highest BCUT2D eigenvalue weighted by atomic mass is 32.1. The van der Waals surface area contributed by atoms with Gasteiger partial charge >= 0.3 is 0 Å². The highest BCUT2D eigenvalue weighted by Gasteiger charge is 2.44. The summed E-state index contributed by atoms with van der Waals surface area (Å²) in [5.41, 5.74) is 6.07. The van der Waals surface area contributed by atoms with Crippen molar-refractivity contribution in [1.29, 1.82) is 0 Å². The number of phenols is 1. The van der Waals surface area contributed by atoms with Crippen LogP contribution in [0.4, 0.5) is 0 Å². The number of hydrogen-bond donors (Lipinski definition) is 1. The van der Waals surface area contributed by atoms with Crippen molar-refractivity contribution in [3.63, 3.8) is 0 Å². The van der Waals surface area contributed by atoms with Crippen LogP contribution in [0.15, 0.2) is 41.9 Å². The number of fused-ring (bicyclic) bond motifs is 5. The average molecular weight is 364 g/mol. The summed E-state index contributed by atoms with van der Waals surface area (Å²) >= 11 is 1.57. The maximum Gasteiger partial charge on any atom is 0.254 e. The first-order valence-electron chi connectivity index (χ1n) is 9.00. The quantitative estimate of drug-likeness (QED) is 0.707. The maximum absolute atomic E-state index is 13.2. The normalized spacial score (nSPS) is 24.5. The molecular weight excluding hydrogens is 344 g/mol. The van der Waals surface area contributed by atoms with Gasteiger partial charge in [-0.15, -0.1) is 11.3 Å². The van der Waals surface area contributed by atoms with Crippen molar-refractivity contribution in [3.05, 3.63) is 58.6 Å². The lowest BCUT2D eigenvalue weighted by molar-refractivity contribution is 0.0489. The molecule has 2 atom stereocenters. The molecule has 1 fully saturated rings. The van der Waals surface area contributed by atoms with Crippen LogP contribution in [0, 0.1) is 0 Å². The first-order valence-corrected chi connectivity index (χ1v) is 9.88. The Morgan fingerprint density at radius 2 is 2.19 bits per heavy atom. The van der Waals surface area contributed by atoms with Crippen molar-refractivity contribution in [3.8, 4) is 5.75 Å². The smallest absolute Gasteiger partial charge is 0.254 e. The van der Waals surface area contributed by atoms with E-state index in [1.807, 2.05) is 35.8 Å². The Balaban J connectivity index is 1.48. The van der Waals surface area contributed by atoms with Gasteiger partial charge in [0.1, 0.15) is 5.75 Å². The molecule has 2 heterocycles. The summed E-state index contributed by atoms with van der Waals surface area (Å²) in [7, 11) is 0. The summed E-state index contributed by atoms with van der Waals surface area (Å²) in [4.78, 5) is 19.6. The number of likely N-dealkylation sites (tertiary alicyclic amines) is 1. The predicted octanol–water partition coefficient (Wildman–Crippen LogP) is 4.12. The minimum Gasteiger partial charge on any atom is -0.508 e. The van der Waals surface area contributed by atoms with Gasteiger partial charge in [-0.05, 0) is 66.1 Å². The summed E-state index contributed by atoms with van der Waals surface area (Å²) < 4.78 is 1.06. The van der Waals surface area contributed by atoms with Crippen LogP contribution < -0.4 is 0 Å².